The quantitative estimate of drug-likeness (QED) is 0.621. The van der Waals surface area contributed by atoms with E-state index in [1.807, 2.05) is 18.2 Å². The molecule has 2 rings (SSSR count). The molecule has 2 heteroatoms. The van der Waals surface area contributed by atoms with Gasteiger partial charge >= 0.3 is 0 Å². The van der Waals surface area contributed by atoms with E-state index in [9.17, 15) is 0 Å². The Bertz CT molecular complexity index is 373. The lowest BCUT2D eigenvalue weighted by atomic mass is 9.87. The van der Waals surface area contributed by atoms with Crippen LogP contribution in [0.3, 0.4) is 0 Å². The highest BCUT2D eigenvalue weighted by Gasteiger charge is 2.19. The first kappa shape index (κ1) is 11.2. The Morgan fingerprint density at radius 3 is 3.19 bits per heavy atom. The van der Waals surface area contributed by atoms with Gasteiger partial charge in [0.25, 0.3) is 0 Å². The summed E-state index contributed by atoms with van der Waals surface area (Å²) in [6, 6.07) is 6.39. The van der Waals surface area contributed by atoms with E-state index in [2.05, 4.69) is 12.6 Å². The molecule has 2 N–H and O–H groups in total. The molecule has 86 valence electrons. The molecule has 0 saturated carbocycles. The predicted molar refractivity (Wildman–Crippen MR) is 66.6 cm³/mol. The summed E-state index contributed by atoms with van der Waals surface area (Å²) in [5, 5.41) is 0. The summed E-state index contributed by atoms with van der Waals surface area (Å²) >= 11 is 0. The van der Waals surface area contributed by atoms with Crippen LogP contribution in [0.2, 0.25) is 0 Å². The minimum absolute atomic E-state index is 0.187. The van der Waals surface area contributed by atoms with Gasteiger partial charge in [0, 0.05) is 6.04 Å². The van der Waals surface area contributed by atoms with Crippen LogP contribution < -0.4 is 10.5 Å². The maximum absolute atomic E-state index is 6.10. The Morgan fingerprint density at radius 1 is 1.50 bits per heavy atom. The van der Waals surface area contributed by atoms with Crippen molar-refractivity contribution in [2.24, 2.45) is 5.73 Å². The number of hydrogen-bond acceptors (Lipinski definition) is 2. The van der Waals surface area contributed by atoms with Crippen LogP contribution in [0.5, 0.6) is 5.75 Å². The second kappa shape index (κ2) is 5.17. The molecule has 1 aliphatic rings. The van der Waals surface area contributed by atoms with Crippen LogP contribution in [0.4, 0.5) is 0 Å². The molecule has 0 aromatic heterocycles. The van der Waals surface area contributed by atoms with Crippen LogP contribution in [0.1, 0.15) is 36.4 Å². The first-order valence-electron chi connectivity index (χ1n) is 5.94. The number of benzene rings is 1. The predicted octanol–water partition coefficient (Wildman–Crippen LogP) is 2.98. The normalized spacial score (nSPS) is 18.9. The lowest BCUT2D eigenvalue weighted by Gasteiger charge is -2.24. The average molecular weight is 217 g/mol. The van der Waals surface area contributed by atoms with Gasteiger partial charge in [0.15, 0.2) is 0 Å². The average Bonchev–Trinajstić information content (AvgIpc) is 2.31. The van der Waals surface area contributed by atoms with E-state index in [4.69, 9.17) is 10.5 Å². The van der Waals surface area contributed by atoms with Crippen molar-refractivity contribution < 1.29 is 4.74 Å². The van der Waals surface area contributed by atoms with Crippen molar-refractivity contribution in [2.45, 2.75) is 31.7 Å². The highest BCUT2D eigenvalue weighted by molar-refractivity contribution is 5.43. The number of nitrogens with two attached hydrogens (primary N) is 1. The fourth-order valence-corrected chi connectivity index (χ4v) is 2.24. The number of hydrogen-bond donors (Lipinski definition) is 1. The molecular weight excluding hydrogens is 198 g/mol. The highest BCUT2D eigenvalue weighted by Crippen LogP contribution is 2.33. The van der Waals surface area contributed by atoms with Crippen LogP contribution in [0.15, 0.2) is 30.9 Å². The fraction of sp³-hybridized carbons (Fsp3) is 0.429. The van der Waals surface area contributed by atoms with Crippen LogP contribution in [-0.4, -0.2) is 6.61 Å². The summed E-state index contributed by atoms with van der Waals surface area (Å²) in [5.74, 6) is 1.01. The van der Waals surface area contributed by atoms with Crippen molar-refractivity contribution >= 4 is 0 Å². The van der Waals surface area contributed by atoms with E-state index in [0.717, 1.165) is 31.4 Å². The van der Waals surface area contributed by atoms with Gasteiger partial charge in [-0.3, -0.25) is 0 Å². The van der Waals surface area contributed by atoms with Gasteiger partial charge in [-0.2, -0.15) is 0 Å². The van der Waals surface area contributed by atoms with Gasteiger partial charge in [0.1, 0.15) is 5.75 Å². The van der Waals surface area contributed by atoms with E-state index >= 15 is 0 Å². The zero-order valence-electron chi connectivity index (χ0n) is 9.61. The molecule has 0 aliphatic heterocycles. The number of fused-ring (bicyclic) bond motifs is 1. The molecule has 1 aliphatic carbocycles. The third kappa shape index (κ3) is 2.27. The van der Waals surface area contributed by atoms with Crippen LogP contribution in [0, 0.1) is 0 Å². The summed E-state index contributed by atoms with van der Waals surface area (Å²) in [6.07, 6.45) is 6.10. The largest absolute Gasteiger partial charge is 0.493 e. The molecule has 1 atom stereocenters. The third-order valence-corrected chi connectivity index (χ3v) is 3.09. The van der Waals surface area contributed by atoms with Crippen molar-refractivity contribution in [2.75, 3.05) is 6.61 Å². The summed E-state index contributed by atoms with van der Waals surface area (Å²) in [5.41, 5.74) is 8.67. The molecule has 16 heavy (non-hydrogen) atoms. The van der Waals surface area contributed by atoms with E-state index in [1.165, 1.54) is 11.1 Å². The molecule has 0 bridgehead atoms. The van der Waals surface area contributed by atoms with E-state index < -0.39 is 0 Å². The monoisotopic (exact) mass is 217 g/mol. The second-order valence-corrected chi connectivity index (χ2v) is 4.25. The fourth-order valence-electron chi connectivity index (χ4n) is 2.24. The Labute approximate surface area is 97.1 Å². The number of rotatable bonds is 4. The lowest BCUT2D eigenvalue weighted by Crippen LogP contribution is -2.18. The van der Waals surface area contributed by atoms with Gasteiger partial charge < -0.3 is 10.5 Å². The first-order valence-corrected chi connectivity index (χ1v) is 5.94. The summed E-state index contributed by atoms with van der Waals surface area (Å²) < 4.78 is 5.77. The minimum Gasteiger partial charge on any atom is -0.493 e. The van der Waals surface area contributed by atoms with Crippen molar-refractivity contribution in [3.05, 3.63) is 42.0 Å². The molecule has 1 unspecified atom stereocenters. The molecule has 0 heterocycles. The van der Waals surface area contributed by atoms with Gasteiger partial charge in [0.2, 0.25) is 0 Å². The Balaban J connectivity index is 2.18. The topological polar surface area (TPSA) is 35.2 Å². The van der Waals surface area contributed by atoms with Gasteiger partial charge in [-0.1, -0.05) is 18.2 Å². The van der Waals surface area contributed by atoms with Gasteiger partial charge in [-0.15, -0.1) is 6.58 Å². The third-order valence-electron chi connectivity index (χ3n) is 3.09. The molecule has 0 radical (unpaired) electrons. The van der Waals surface area contributed by atoms with E-state index in [0.29, 0.717) is 6.61 Å². The van der Waals surface area contributed by atoms with Gasteiger partial charge in [-0.05, 0) is 42.9 Å². The SMILES string of the molecule is C=CCCOc1cccc2c1CCCC2N. The molecule has 1 aromatic rings. The van der Waals surface area contributed by atoms with Crippen LogP contribution in [0.25, 0.3) is 0 Å². The van der Waals surface area contributed by atoms with Gasteiger partial charge in [-0.25, -0.2) is 0 Å². The number of ether oxygens (including phenoxy) is 1. The summed E-state index contributed by atoms with van der Waals surface area (Å²) in [6.45, 7) is 4.39. The zero-order chi connectivity index (χ0) is 11.4. The molecule has 0 saturated heterocycles. The van der Waals surface area contributed by atoms with Crippen molar-refractivity contribution in [1.29, 1.82) is 0 Å². The maximum Gasteiger partial charge on any atom is 0.122 e. The van der Waals surface area contributed by atoms with Gasteiger partial charge in [0.05, 0.1) is 6.61 Å². The van der Waals surface area contributed by atoms with Crippen molar-refractivity contribution in [3.8, 4) is 5.75 Å². The second-order valence-electron chi connectivity index (χ2n) is 4.25. The Kier molecular flexibility index (Phi) is 3.62. The molecule has 0 fully saturated rings. The van der Waals surface area contributed by atoms with Crippen molar-refractivity contribution in [3.63, 3.8) is 0 Å². The maximum atomic E-state index is 6.10. The van der Waals surface area contributed by atoms with E-state index in [1.54, 1.807) is 0 Å². The molecule has 0 amide bonds. The lowest BCUT2D eigenvalue weighted by molar-refractivity contribution is 0.319. The van der Waals surface area contributed by atoms with Crippen molar-refractivity contribution in [1.82, 2.24) is 0 Å². The molecule has 2 nitrogen and oxygen atoms in total. The standard InChI is InChI=1S/C14H19NO/c1-2-3-10-16-14-9-5-6-11-12(14)7-4-8-13(11)15/h2,5-6,9,13H,1,3-4,7-8,10,15H2. The highest BCUT2D eigenvalue weighted by atomic mass is 16.5. The van der Waals surface area contributed by atoms with E-state index in [-0.39, 0.29) is 6.04 Å². The first-order chi connectivity index (χ1) is 7.83. The Morgan fingerprint density at radius 2 is 2.38 bits per heavy atom. The smallest absolute Gasteiger partial charge is 0.122 e. The summed E-state index contributed by atoms with van der Waals surface area (Å²) in [7, 11) is 0. The van der Waals surface area contributed by atoms with Crippen LogP contribution in [-0.2, 0) is 6.42 Å². The summed E-state index contributed by atoms with van der Waals surface area (Å²) in [4.78, 5) is 0. The zero-order valence-corrected chi connectivity index (χ0v) is 9.61. The minimum atomic E-state index is 0.187. The Hall–Kier alpha value is -1.28. The van der Waals surface area contributed by atoms with Crippen LogP contribution >= 0.6 is 0 Å². The molecular formula is C14H19NO. The molecule has 1 aromatic carbocycles. The molecule has 0 spiro atoms.